The van der Waals surface area contributed by atoms with Gasteiger partial charge in [0.2, 0.25) is 17.5 Å². The molecule has 0 bridgehead atoms. The molecule has 4 rings (SSSR count). The molecule has 4 N–H and O–H groups in total. The predicted octanol–water partition coefficient (Wildman–Crippen LogP) is 2.51. The quantitative estimate of drug-likeness (QED) is 0.347. The molecule has 1 fully saturated rings. The van der Waals surface area contributed by atoms with Gasteiger partial charge in [-0.3, -0.25) is 4.79 Å². The van der Waals surface area contributed by atoms with Crippen molar-refractivity contribution in [3.63, 3.8) is 0 Å². The molecule has 0 saturated carbocycles. The lowest BCUT2D eigenvalue weighted by molar-refractivity contribution is -0.242. The number of hydrogen-bond donors (Lipinski definition) is 4. The summed E-state index contributed by atoms with van der Waals surface area (Å²) in [4.78, 5) is 13.8. The largest absolute Gasteiger partial charge is 0.507 e. The Kier molecular flexibility index (Phi) is 7.74. The molecule has 3 aromatic rings. The fourth-order valence-corrected chi connectivity index (χ4v) is 4.08. The molecular weight excluding hydrogens is 484 g/mol. The van der Waals surface area contributed by atoms with Gasteiger partial charge in [-0.1, -0.05) is 11.6 Å². The van der Waals surface area contributed by atoms with Crippen molar-refractivity contribution in [2.24, 2.45) is 0 Å². The number of methoxy groups -OCH3 is 2. The maximum atomic E-state index is 13.8. The van der Waals surface area contributed by atoms with Gasteiger partial charge in [0.15, 0.2) is 5.76 Å². The molecular formula is C27H30O10. The Morgan fingerprint density at radius 2 is 1.78 bits per heavy atom. The van der Waals surface area contributed by atoms with Gasteiger partial charge in [0.05, 0.1) is 20.8 Å². The van der Waals surface area contributed by atoms with E-state index >= 15 is 0 Å². The number of aliphatic hydroxyl groups is 3. The summed E-state index contributed by atoms with van der Waals surface area (Å²) in [5.74, 6) is 0.180. The second-order valence-corrected chi connectivity index (χ2v) is 8.95. The van der Waals surface area contributed by atoms with Crippen molar-refractivity contribution in [3.05, 3.63) is 57.8 Å². The summed E-state index contributed by atoms with van der Waals surface area (Å²) in [6.45, 7) is 3.54. The van der Waals surface area contributed by atoms with Gasteiger partial charge in [0.1, 0.15) is 46.5 Å². The molecule has 4 unspecified atom stereocenters. The molecule has 0 spiro atoms. The van der Waals surface area contributed by atoms with E-state index in [0.29, 0.717) is 29.0 Å². The van der Waals surface area contributed by atoms with Crippen molar-refractivity contribution in [2.75, 3.05) is 20.8 Å². The van der Waals surface area contributed by atoms with Crippen molar-refractivity contribution in [2.45, 2.75) is 44.9 Å². The van der Waals surface area contributed by atoms with Crippen LogP contribution in [-0.2, 0) is 11.2 Å². The monoisotopic (exact) mass is 514 g/mol. The summed E-state index contributed by atoms with van der Waals surface area (Å²) in [6.07, 6.45) is -3.71. The SMILES string of the molecule is COc1ccc(-c2oc3c(CC=C(C)C)c(OC)cc(O)c3c(=O)c2OC2OCC(O)C(O)C2O)cc1. The van der Waals surface area contributed by atoms with E-state index in [1.54, 1.807) is 24.3 Å². The van der Waals surface area contributed by atoms with Crippen LogP contribution in [0.3, 0.4) is 0 Å². The van der Waals surface area contributed by atoms with Crippen LogP contribution in [0.1, 0.15) is 19.4 Å². The van der Waals surface area contributed by atoms with Crippen LogP contribution in [0.2, 0.25) is 0 Å². The van der Waals surface area contributed by atoms with Crippen LogP contribution in [-0.4, -0.2) is 65.9 Å². The molecule has 1 saturated heterocycles. The highest BCUT2D eigenvalue weighted by Gasteiger charge is 2.40. The van der Waals surface area contributed by atoms with Crippen LogP contribution in [0.5, 0.6) is 23.0 Å². The average molecular weight is 515 g/mol. The Labute approximate surface area is 212 Å². The van der Waals surface area contributed by atoms with Crippen LogP contribution >= 0.6 is 0 Å². The summed E-state index contributed by atoms with van der Waals surface area (Å²) < 4.78 is 28.1. The molecule has 0 radical (unpaired) electrons. The lowest BCUT2D eigenvalue weighted by Gasteiger charge is -2.35. The van der Waals surface area contributed by atoms with E-state index < -0.39 is 30.0 Å². The van der Waals surface area contributed by atoms with Gasteiger partial charge in [-0.05, 0) is 44.5 Å². The summed E-state index contributed by atoms with van der Waals surface area (Å²) in [6, 6.07) is 7.98. The van der Waals surface area contributed by atoms with E-state index in [2.05, 4.69) is 0 Å². The number of aromatic hydroxyl groups is 1. The smallest absolute Gasteiger partial charge is 0.239 e. The summed E-state index contributed by atoms with van der Waals surface area (Å²) in [5, 5.41) is 40.9. The van der Waals surface area contributed by atoms with Gasteiger partial charge in [-0.25, -0.2) is 0 Å². The first-order chi connectivity index (χ1) is 17.7. The van der Waals surface area contributed by atoms with Crippen LogP contribution in [0.4, 0.5) is 0 Å². The van der Waals surface area contributed by atoms with Gasteiger partial charge in [0, 0.05) is 17.2 Å². The average Bonchev–Trinajstić information content (AvgIpc) is 2.89. The lowest BCUT2D eigenvalue weighted by Crippen LogP contribution is -2.55. The normalized spacial score (nSPS) is 21.5. The van der Waals surface area contributed by atoms with Gasteiger partial charge in [0.25, 0.3) is 0 Å². The van der Waals surface area contributed by atoms with Crippen molar-refractivity contribution in [1.29, 1.82) is 0 Å². The number of phenols is 1. The van der Waals surface area contributed by atoms with Gasteiger partial charge in [-0.2, -0.15) is 0 Å². The minimum atomic E-state index is -1.65. The first-order valence-electron chi connectivity index (χ1n) is 11.7. The summed E-state index contributed by atoms with van der Waals surface area (Å²) in [5.41, 5.74) is 1.41. The Balaban J connectivity index is 1.98. The number of rotatable bonds is 7. The Bertz CT molecular complexity index is 1350. The Morgan fingerprint density at radius 1 is 1.08 bits per heavy atom. The van der Waals surface area contributed by atoms with E-state index in [4.69, 9.17) is 23.4 Å². The third-order valence-corrected chi connectivity index (χ3v) is 6.14. The lowest BCUT2D eigenvalue weighted by atomic mass is 10.0. The van der Waals surface area contributed by atoms with E-state index in [1.165, 1.54) is 20.3 Å². The van der Waals surface area contributed by atoms with Crippen molar-refractivity contribution in [3.8, 4) is 34.3 Å². The maximum Gasteiger partial charge on any atom is 0.239 e. The molecule has 0 amide bonds. The number of allylic oxidation sites excluding steroid dienone is 2. The van der Waals surface area contributed by atoms with Crippen LogP contribution in [0.25, 0.3) is 22.3 Å². The summed E-state index contributed by atoms with van der Waals surface area (Å²) >= 11 is 0. The number of benzene rings is 2. The Morgan fingerprint density at radius 3 is 2.41 bits per heavy atom. The van der Waals surface area contributed by atoms with Crippen LogP contribution < -0.4 is 19.6 Å². The maximum absolute atomic E-state index is 13.8. The van der Waals surface area contributed by atoms with Crippen LogP contribution in [0, 0.1) is 0 Å². The van der Waals surface area contributed by atoms with Crippen LogP contribution in [0.15, 0.2) is 51.2 Å². The predicted molar refractivity (Wildman–Crippen MR) is 134 cm³/mol. The van der Waals surface area contributed by atoms with Gasteiger partial charge < -0.3 is 43.8 Å². The van der Waals surface area contributed by atoms with Crippen molar-refractivity contribution in [1.82, 2.24) is 0 Å². The standard InChI is InChI=1S/C27H30O10/c1-13(2)5-10-16-19(34-4)11-17(28)20-22(31)26(37-27-23(32)21(30)18(29)12-35-27)24(36-25(16)20)14-6-8-15(33-3)9-7-14/h5-9,11,18,21,23,27-30,32H,10,12H2,1-4H3. The van der Waals surface area contributed by atoms with E-state index in [-0.39, 0.29) is 34.8 Å². The highest BCUT2D eigenvalue weighted by atomic mass is 16.7. The molecule has 1 aliphatic rings. The molecule has 0 aliphatic carbocycles. The zero-order chi connectivity index (χ0) is 26.9. The third kappa shape index (κ3) is 5.14. The van der Waals surface area contributed by atoms with Crippen molar-refractivity contribution >= 4 is 11.0 Å². The minimum absolute atomic E-state index is 0.00247. The second kappa shape index (κ2) is 10.8. The molecule has 2 aromatic carbocycles. The molecule has 1 aliphatic heterocycles. The molecule has 198 valence electrons. The highest BCUT2D eigenvalue weighted by Crippen LogP contribution is 2.40. The number of ether oxygens (including phenoxy) is 4. The van der Waals surface area contributed by atoms with Gasteiger partial charge >= 0.3 is 0 Å². The summed E-state index contributed by atoms with van der Waals surface area (Å²) in [7, 11) is 2.97. The molecule has 10 nitrogen and oxygen atoms in total. The van der Waals surface area contributed by atoms with Gasteiger partial charge in [-0.15, -0.1) is 0 Å². The zero-order valence-electron chi connectivity index (χ0n) is 20.9. The van der Waals surface area contributed by atoms with E-state index in [1.807, 2.05) is 19.9 Å². The van der Waals surface area contributed by atoms with Crippen molar-refractivity contribution < 1.29 is 43.8 Å². The molecule has 2 heterocycles. The molecule has 10 heteroatoms. The minimum Gasteiger partial charge on any atom is -0.507 e. The van der Waals surface area contributed by atoms with E-state index in [0.717, 1.165) is 5.57 Å². The highest BCUT2D eigenvalue weighted by molar-refractivity contribution is 5.91. The molecule has 1 aromatic heterocycles. The zero-order valence-corrected chi connectivity index (χ0v) is 20.9. The second-order valence-electron chi connectivity index (χ2n) is 8.95. The fraction of sp³-hybridized carbons (Fsp3) is 0.370. The first kappa shape index (κ1) is 26.5. The number of fused-ring (bicyclic) bond motifs is 1. The number of phenolic OH excluding ortho intramolecular Hbond substituents is 1. The molecule has 37 heavy (non-hydrogen) atoms. The Hall–Kier alpha value is -3.57. The topological polar surface area (TPSA) is 148 Å². The fourth-order valence-electron chi connectivity index (χ4n) is 4.08. The van der Waals surface area contributed by atoms with E-state index in [9.17, 15) is 25.2 Å². The number of hydrogen-bond acceptors (Lipinski definition) is 10. The molecule has 4 atom stereocenters. The first-order valence-corrected chi connectivity index (χ1v) is 11.7. The third-order valence-electron chi connectivity index (χ3n) is 6.14. The number of aliphatic hydroxyl groups excluding tert-OH is 3.